The first-order valence-corrected chi connectivity index (χ1v) is 5.02. The standard InChI is InChI=1S/C11H9F2NO4/c1-6(15)14-5-11(12,13)18-9-4-7(10(16)17)2-3-8(9)14/h2-4H,5H2,1H3,(H,16,17). The summed E-state index contributed by atoms with van der Waals surface area (Å²) in [7, 11) is 0. The molecule has 0 unspecified atom stereocenters. The van der Waals surface area contributed by atoms with E-state index in [0.717, 1.165) is 17.9 Å². The molecule has 1 aromatic rings. The summed E-state index contributed by atoms with van der Waals surface area (Å²) in [5.74, 6) is -2.15. The molecule has 0 saturated heterocycles. The quantitative estimate of drug-likeness (QED) is 0.831. The van der Waals surface area contributed by atoms with E-state index in [4.69, 9.17) is 5.11 Å². The van der Waals surface area contributed by atoms with Gasteiger partial charge in [0.2, 0.25) is 5.91 Å². The minimum Gasteiger partial charge on any atom is -0.478 e. The van der Waals surface area contributed by atoms with Gasteiger partial charge in [-0.1, -0.05) is 0 Å². The van der Waals surface area contributed by atoms with Crippen molar-refractivity contribution >= 4 is 17.6 Å². The first-order chi connectivity index (χ1) is 8.30. The zero-order chi connectivity index (χ0) is 13.5. The summed E-state index contributed by atoms with van der Waals surface area (Å²) < 4.78 is 30.9. The minimum absolute atomic E-state index is 0.137. The number of ether oxygens (including phenoxy) is 1. The number of carbonyl (C=O) groups is 2. The average Bonchev–Trinajstić information content (AvgIpc) is 2.25. The lowest BCUT2D eigenvalue weighted by Crippen LogP contribution is -2.47. The molecule has 0 fully saturated rings. The number of hydrogen-bond donors (Lipinski definition) is 1. The molecule has 1 aromatic carbocycles. The highest BCUT2D eigenvalue weighted by Crippen LogP contribution is 2.39. The summed E-state index contributed by atoms with van der Waals surface area (Å²) in [4.78, 5) is 22.9. The predicted octanol–water partition coefficient (Wildman–Crippen LogP) is 1.72. The third kappa shape index (κ3) is 2.11. The van der Waals surface area contributed by atoms with E-state index >= 15 is 0 Å². The Kier molecular flexibility index (Phi) is 2.68. The first-order valence-electron chi connectivity index (χ1n) is 5.02. The van der Waals surface area contributed by atoms with Gasteiger partial charge in [0.25, 0.3) is 0 Å². The fraction of sp³-hybridized carbons (Fsp3) is 0.273. The van der Waals surface area contributed by atoms with Crippen molar-refractivity contribution in [3.63, 3.8) is 0 Å². The summed E-state index contributed by atoms with van der Waals surface area (Å²) in [5.41, 5.74) is -0.0478. The maximum absolute atomic E-state index is 13.3. The second-order valence-electron chi connectivity index (χ2n) is 3.83. The molecule has 5 nitrogen and oxygen atoms in total. The number of carbonyl (C=O) groups excluding carboxylic acids is 1. The summed E-state index contributed by atoms with van der Waals surface area (Å²) in [5, 5.41) is 8.77. The monoisotopic (exact) mass is 257 g/mol. The first kappa shape index (κ1) is 12.3. The number of halogens is 2. The van der Waals surface area contributed by atoms with Gasteiger partial charge in [0.05, 0.1) is 11.3 Å². The van der Waals surface area contributed by atoms with Crippen molar-refractivity contribution in [2.45, 2.75) is 13.0 Å². The Hall–Kier alpha value is -2.18. The molecule has 1 heterocycles. The molecular weight excluding hydrogens is 248 g/mol. The van der Waals surface area contributed by atoms with E-state index in [9.17, 15) is 18.4 Å². The topological polar surface area (TPSA) is 66.8 Å². The van der Waals surface area contributed by atoms with E-state index in [1.54, 1.807) is 0 Å². The second-order valence-corrected chi connectivity index (χ2v) is 3.83. The van der Waals surface area contributed by atoms with E-state index in [1.165, 1.54) is 12.1 Å². The van der Waals surface area contributed by atoms with Crippen LogP contribution in [0.25, 0.3) is 0 Å². The van der Waals surface area contributed by atoms with Crippen molar-refractivity contribution in [2.24, 2.45) is 0 Å². The number of nitrogens with zero attached hydrogens (tertiary/aromatic N) is 1. The largest absolute Gasteiger partial charge is 0.478 e. The van der Waals surface area contributed by atoms with Gasteiger partial charge in [0, 0.05) is 6.92 Å². The fourth-order valence-electron chi connectivity index (χ4n) is 1.70. The Morgan fingerprint density at radius 3 is 2.67 bits per heavy atom. The number of carboxylic acids is 1. The van der Waals surface area contributed by atoms with Crippen molar-refractivity contribution in [1.29, 1.82) is 0 Å². The normalized spacial score (nSPS) is 16.7. The zero-order valence-corrected chi connectivity index (χ0v) is 9.31. The highest BCUT2D eigenvalue weighted by molar-refractivity contribution is 5.95. The maximum Gasteiger partial charge on any atom is 0.416 e. The molecule has 96 valence electrons. The maximum atomic E-state index is 13.3. The van der Waals surface area contributed by atoms with Crippen LogP contribution >= 0.6 is 0 Å². The Labute approximate surface area is 101 Å². The molecule has 18 heavy (non-hydrogen) atoms. The lowest BCUT2D eigenvalue weighted by Gasteiger charge is -2.33. The van der Waals surface area contributed by atoms with Crippen LogP contribution in [0.2, 0.25) is 0 Å². The molecule has 1 aliphatic heterocycles. The molecule has 0 atom stereocenters. The van der Waals surface area contributed by atoms with E-state index in [2.05, 4.69) is 4.74 Å². The Morgan fingerprint density at radius 1 is 1.44 bits per heavy atom. The van der Waals surface area contributed by atoms with Crippen LogP contribution < -0.4 is 9.64 Å². The molecule has 0 aromatic heterocycles. The molecule has 0 radical (unpaired) electrons. The van der Waals surface area contributed by atoms with Gasteiger partial charge in [0.1, 0.15) is 6.54 Å². The number of amides is 1. The van der Waals surface area contributed by atoms with Gasteiger partial charge in [-0.2, -0.15) is 8.78 Å². The highest BCUT2D eigenvalue weighted by atomic mass is 19.3. The fourth-order valence-corrected chi connectivity index (χ4v) is 1.70. The number of alkyl halides is 2. The Morgan fingerprint density at radius 2 is 2.11 bits per heavy atom. The van der Waals surface area contributed by atoms with E-state index < -0.39 is 24.5 Å². The van der Waals surface area contributed by atoms with Crippen LogP contribution in [0.15, 0.2) is 18.2 Å². The van der Waals surface area contributed by atoms with Crippen molar-refractivity contribution in [1.82, 2.24) is 0 Å². The van der Waals surface area contributed by atoms with Gasteiger partial charge < -0.3 is 9.84 Å². The van der Waals surface area contributed by atoms with E-state index in [-0.39, 0.29) is 17.0 Å². The smallest absolute Gasteiger partial charge is 0.416 e. The van der Waals surface area contributed by atoms with Crippen molar-refractivity contribution < 1.29 is 28.2 Å². The SMILES string of the molecule is CC(=O)N1CC(F)(F)Oc2cc(C(=O)O)ccc21. The van der Waals surface area contributed by atoms with Crippen LogP contribution in [-0.4, -0.2) is 29.6 Å². The Bertz CT molecular complexity index is 530. The number of carboxylic acid groups (broad SMARTS) is 1. The van der Waals surface area contributed by atoms with Gasteiger partial charge in [-0.3, -0.25) is 9.69 Å². The van der Waals surface area contributed by atoms with Gasteiger partial charge >= 0.3 is 12.1 Å². The molecule has 0 aliphatic carbocycles. The van der Waals surface area contributed by atoms with E-state index in [1.807, 2.05) is 0 Å². The zero-order valence-electron chi connectivity index (χ0n) is 9.31. The summed E-state index contributed by atoms with van der Waals surface area (Å²) in [6, 6.07) is 3.47. The predicted molar refractivity (Wildman–Crippen MR) is 57.0 cm³/mol. The number of benzene rings is 1. The third-order valence-corrected chi connectivity index (χ3v) is 2.48. The average molecular weight is 257 g/mol. The van der Waals surface area contributed by atoms with Crippen LogP contribution in [0.1, 0.15) is 17.3 Å². The van der Waals surface area contributed by atoms with Crippen LogP contribution in [-0.2, 0) is 4.79 Å². The van der Waals surface area contributed by atoms with Gasteiger partial charge in [-0.05, 0) is 18.2 Å². The lowest BCUT2D eigenvalue weighted by molar-refractivity contribution is -0.173. The molecule has 0 spiro atoms. The lowest BCUT2D eigenvalue weighted by atomic mass is 10.1. The van der Waals surface area contributed by atoms with Crippen LogP contribution in [0.4, 0.5) is 14.5 Å². The van der Waals surface area contributed by atoms with Crippen LogP contribution in [0.3, 0.4) is 0 Å². The molecule has 2 rings (SSSR count). The van der Waals surface area contributed by atoms with Gasteiger partial charge in [0.15, 0.2) is 5.75 Å². The van der Waals surface area contributed by atoms with Crippen LogP contribution in [0, 0.1) is 0 Å². The molecule has 7 heteroatoms. The molecule has 0 saturated carbocycles. The van der Waals surface area contributed by atoms with Gasteiger partial charge in [-0.15, -0.1) is 0 Å². The highest BCUT2D eigenvalue weighted by Gasteiger charge is 2.42. The molecule has 1 N–H and O–H groups in total. The number of aromatic carboxylic acids is 1. The van der Waals surface area contributed by atoms with Crippen LogP contribution in [0.5, 0.6) is 5.75 Å². The van der Waals surface area contributed by atoms with E-state index in [0.29, 0.717) is 0 Å². The summed E-state index contributed by atoms with van der Waals surface area (Å²) in [6.07, 6.45) is -3.53. The minimum atomic E-state index is -3.53. The molecule has 1 amide bonds. The van der Waals surface area contributed by atoms with Crippen molar-refractivity contribution in [2.75, 3.05) is 11.4 Å². The number of anilines is 1. The van der Waals surface area contributed by atoms with Gasteiger partial charge in [-0.25, -0.2) is 4.79 Å². The van der Waals surface area contributed by atoms with Crippen molar-refractivity contribution in [3.8, 4) is 5.75 Å². The Balaban J connectivity index is 2.52. The number of rotatable bonds is 1. The summed E-state index contributed by atoms with van der Waals surface area (Å²) >= 11 is 0. The second kappa shape index (κ2) is 3.94. The summed E-state index contributed by atoms with van der Waals surface area (Å²) in [6.45, 7) is 0.262. The third-order valence-electron chi connectivity index (χ3n) is 2.48. The van der Waals surface area contributed by atoms with Crippen molar-refractivity contribution in [3.05, 3.63) is 23.8 Å². The molecular formula is C11H9F2NO4. The molecule has 1 aliphatic rings. The molecule has 0 bridgehead atoms. The number of fused-ring (bicyclic) bond motifs is 1. The number of hydrogen-bond acceptors (Lipinski definition) is 3.